The third-order valence-electron chi connectivity index (χ3n) is 4.71. The quantitative estimate of drug-likeness (QED) is 0.912. The van der Waals surface area contributed by atoms with Gasteiger partial charge in [-0.1, -0.05) is 12.1 Å². The Kier molecular flexibility index (Phi) is 4.49. The molecule has 0 saturated carbocycles. The van der Waals surface area contributed by atoms with Gasteiger partial charge in [0.25, 0.3) is 10.2 Å². The van der Waals surface area contributed by atoms with Crippen LogP contribution in [0.2, 0.25) is 0 Å². The predicted molar refractivity (Wildman–Crippen MR) is 93.7 cm³/mol. The van der Waals surface area contributed by atoms with Gasteiger partial charge in [-0.15, -0.1) is 0 Å². The molecule has 5 nitrogen and oxygen atoms in total. The van der Waals surface area contributed by atoms with Crippen LogP contribution in [0.25, 0.3) is 10.9 Å². The van der Waals surface area contributed by atoms with E-state index in [1.54, 1.807) is 4.31 Å². The number of hydrogen-bond acceptors (Lipinski definition) is 2. The van der Waals surface area contributed by atoms with Crippen molar-refractivity contribution >= 4 is 21.1 Å². The monoisotopic (exact) mass is 335 g/mol. The fourth-order valence-electron chi connectivity index (χ4n) is 3.44. The zero-order valence-electron chi connectivity index (χ0n) is 14.0. The van der Waals surface area contributed by atoms with Crippen molar-refractivity contribution in [1.29, 1.82) is 0 Å². The highest BCUT2D eigenvalue weighted by Crippen LogP contribution is 2.23. The molecule has 0 aliphatic carbocycles. The Morgan fingerprint density at radius 3 is 2.83 bits per heavy atom. The van der Waals surface area contributed by atoms with Crippen molar-refractivity contribution in [3.63, 3.8) is 0 Å². The van der Waals surface area contributed by atoms with Gasteiger partial charge >= 0.3 is 0 Å². The lowest BCUT2D eigenvalue weighted by molar-refractivity contribution is 0.400. The Morgan fingerprint density at radius 2 is 2.13 bits per heavy atom. The number of fused-ring (bicyclic) bond motifs is 1. The van der Waals surface area contributed by atoms with E-state index in [4.69, 9.17) is 0 Å². The fraction of sp³-hybridized carbons (Fsp3) is 0.529. The van der Waals surface area contributed by atoms with E-state index in [9.17, 15) is 8.42 Å². The third kappa shape index (κ3) is 3.29. The minimum Gasteiger partial charge on any atom is -0.350 e. The summed E-state index contributed by atoms with van der Waals surface area (Å²) in [4.78, 5) is 0. The molecule has 126 valence electrons. The summed E-state index contributed by atoms with van der Waals surface area (Å²) in [5.41, 5.74) is 3.60. The van der Waals surface area contributed by atoms with Gasteiger partial charge in [-0.05, 0) is 50.3 Å². The Hall–Kier alpha value is -1.37. The molecule has 2 aromatic rings. The standard InChI is InChI=1S/C17H25N3O2S/c1-13-6-7-16-15(12-19(3)17(16)11-13)8-9-18-23(21,22)20-10-4-5-14(20)2/h6-7,11-12,14,18H,4-5,8-10H2,1-3H3. The van der Waals surface area contributed by atoms with Crippen molar-refractivity contribution in [2.45, 2.75) is 39.2 Å². The lowest BCUT2D eigenvalue weighted by Crippen LogP contribution is -2.43. The lowest BCUT2D eigenvalue weighted by atomic mass is 10.1. The molecule has 0 radical (unpaired) electrons. The number of nitrogens with one attached hydrogen (secondary N) is 1. The summed E-state index contributed by atoms with van der Waals surface area (Å²) in [5.74, 6) is 0. The molecule has 3 rings (SSSR count). The van der Waals surface area contributed by atoms with Gasteiger partial charge in [-0.2, -0.15) is 12.7 Å². The van der Waals surface area contributed by atoms with Crippen LogP contribution in [0, 0.1) is 6.92 Å². The van der Waals surface area contributed by atoms with Crippen molar-refractivity contribution in [3.8, 4) is 0 Å². The van der Waals surface area contributed by atoms with Gasteiger partial charge in [0.1, 0.15) is 0 Å². The molecule has 1 N–H and O–H groups in total. The number of rotatable bonds is 5. The van der Waals surface area contributed by atoms with Gasteiger partial charge in [-0.25, -0.2) is 4.72 Å². The van der Waals surface area contributed by atoms with Crippen molar-refractivity contribution in [2.24, 2.45) is 7.05 Å². The van der Waals surface area contributed by atoms with E-state index >= 15 is 0 Å². The molecule has 1 unspecified atom stereocenters. The molecule has 1 aromatic heterocycles. The Labute approximate surface area is 138 Å². The minimum absolute atomic E-state index is 0.105. The van der Waals surface area contributed by atoms with Crippen molar-refractivity contribution in [3.05, 3.63) is 35.5 Å². The molecule has 1 fully saturated rings. The molecule has 0 bridgehead atoms. The fourth-order valence-corrected chi connectivity index (χ4v) is 4.91. The molecule has 1 aliphatic rings. The number of aryl methyl sites for hydroxylation is 2. The van der Waals surface area contributed by atoms with E-state index in [2.05, 4.69) is 40.6 Å². The van der Waals surface area contributed by atoms with Gasteiger partial charge in [0, 0.05) is 43.3 Å². The van der Waals surface area contributed by atoms with E-state index in [0.717, 1.165) is 12.8 Å². The second-order valence-corrected chi connectivity index (χ2v) is 8.25. The molecular weight excluding hydrogens is 310 g/mol. The predicted octanol–water partition coefficient (Wildman–Crippen LogP) is 2.35. The summed E-state index contributed by atoms with van der Waals surface area (Å²) < 4.78 is 31.2. The molecule has 1 atom stereocenters. The Morgan fingerprint density at radius 1 is 1.35 bits per heavy atom. The second-order valence-electron chi connectivity index (χ2n) is 6.54. The van der Waals surface area contributed by atoms with Crippen LogP contribution in [0.15, 0.2) is 24.4 Å². The topological polar surface area (TPSA) is 54.3 Å². The van der Waals surface area contributed by atoms with Crippen LogP contribution < -0.4 is 4.72 Å². The van der Waals surface area contributed by atoms with E-state index in [-0.39, 0.29) is 6.04 Å². The van der Waals surface area contributed by atoms with Crippen LogP contribution >= 0.6 is 0 Å². The smallest absolute Gasteiger partial charge is 0.279 e. The first-order valence-corrected chi connectivity index (χ1v) is 9.63. The van der Waals surface area contributed by atoms with Crippen LogP contribution in [0.5, 0.6) is 0 Å². The van der Waals surface area contributed by atoms with Crippen LogP contribution in [-0.2, 0) is 23.7 Å². The van der Waals surface area contributed by atoms with Crippen LogP contribution in [0.3, 0.4) is 0 Å². The number of nitrogens with zero attached hydrogens (tertiary/aromatic N) is 2. The second kappa shape index (κ2) is 6.26. The molecule has 23 heavy (non-hydrogen) atoms. The molecule has 2 heterocycles. The number of aromatic nitrogens is 1. The first-order chi connectivity index (χ1) is 10.9. The largest absolute Gasteiger partial charge is 0.350 e. The third-order valence-corrected chi connectivity index (χ3v) is 6.44. The molecular formula is C17H25N3O2S. The number of hydrogen-bond donors (Lipinski definition) is 1. The Balaban J connectivity index is 1.69. The summed E-state index contributed by atoms with van der Waals surface area (Å²) >= 11 is 0. The van der Waals surface area contributed by atoms with Crippen LogP contribution in [-0.4, -0.2) is 36.4 Å². The first-order valence-electron chi connectivity index (χ1n) is 8.19. The molecule has 1 aliphatic heterocycles. The van der Waals surface area contributed by atoms with Gasteiger partial charge in [0.2, 0.25) is 0 Å². The van der Waals surface area contributed by atoms with Gasteiger partial charge in [0.15, 0.2) is 0 Å². The summed E-state index contributed by atoms with van der Waals surface area (Å²) in [6.07, 6.45) is 4.69. The average molecular weight is 335 g/mol. The first kappa shape index (κ1) is 16.5. The maximum Gasteiger partial charge on any atom is 0.279 e. The van der Waals surface area contributed by atoms with E-state index in [1.807, 2.05) is 14.0 Å². The zero-order chi connectivity index (χ0) is 16.6. The summed E-state index contributed by atoms with van der Waals surface area (Å²) in [5, 5.41) is 1.20. The Bertz CT molecular complexity index is 811. The molecule has 0 amide bonds. The summed E-state index contributed by atoms with van der Waals surface area (Å²) in [7, 11) is -1.33. The van der Waals surface area contributed by atoms with Crippen LogP contribution in [0.4, 0.5) is 0 Å². The average Bonchev–Trinajstić information content (AvgIpc) is 3.04. The molecule has 0 spiro atoms. The summed E-state index contributed by atoms with van der Waals surface area (Å²) in [6, 6.07) is 6.49. The van der Waals surface area contributed by atoms with Gasteiger partial charge in [0.05, 0.1) is 0 Å². The lowest BCUT2D eigenvalue weighted by Gasteiger charge is -2.21. The number of benzene rings is 1. The van der Waals surface area contributed by atoms with Crippen LogP contribution in [0.1, 0.15) is 30.9 Å². The highest BCUT2D eigenvalue weighted by molar-refractivity contribution is 7.87. The van der Waals surface area contributed by atoms with Gasteiger partial charge in [-0.3, -0.25) is 0 Å². The SMILES string of the molecule is Cc1ccc2c(CCNS(=O)(=O)N3CCCC3C)cn(C)c2c1. The van der Waals surface area contributed by atoms with Crippen molar-refractivity contribution in [1.82, 2.24) is 13.6 Å². The highest BCUT2D eigenvalue weighted by atomic mass is 32.2. The van der Waals surface area contributed by atoms with E-state index in [0.29, 0.717) is 19.5 Å². The van der Waals surface area contributed by atoms with Crippen molar-refractivity contribution in [2.75, 3.05) is 13.1 Å². The summed E-state index contributed by atoms with van der Waals surface area (Å²) in [6.45, 7) is 5.11. The normalized spacial score (nSPS) is 19.7. The van der Waals surface area contributed by atoms with E-state index in [1.165, 1.54) is 22.0 Å². The highest BCUT2D eigenvalue weighted by Gasteiger charge is 2.30. The molecule has 6 heteroatoms. The van der Waals surface area contributed by atoms with Crippen molar-refractivity contribution < 1.29 is 8.42 Å². The van der Waals surface area contributed by atoms with Gasteiger partial charge < -0.3 is 4.57 Å². The maximum absolute atomic E-state index is 12.4. The minimum atomic E-state index is -3.36. The molecule has 1 aromatic carbocycles. The van der Waals surface area contributed by atoms with E-state index < -0.39 is 10.2 Å². The molecule has 1 saturated heterocycles. The zero-order valence-corrected chi connectivity index (χ0v) is 14.9. The maximum atomic E-state index is 12.4.